The first-order chi connectivity index (χ1) is 14.7. The number of aromatic nitrogens is 1. The van der Waals surface area contributed by atoms with Crippen LogP contribution in [0.1, 0.15) is 35.2 Å². The zero-order chi connectivity index (χ0) is 20.8. The average molecular weight is 404 g/mol. The van der Waals surface area contributed by atoms with Crippen molar-refractivity contribution in [1.29, 1.82) is 0 Å². The van der Waals surface area contributed by atoms with Gasteiger partial charge in [-0.2, -0.15) is 0 Å². The Morgan fingerprint density at radius 3 is 2.50 bits per heavy atom. The van der Waals surface area contributed by atoms with Crippen LogP contribution in [0.25, 0.3) is 10.9 Å². The van der Waals surface area contributed by atoms with Crippen molar-refractivity contribution in [3.63, 3.8) is 0 Å². The van der Waals surface area contributed by atoms with Crippen molar-refractivity contribution in [3.05, 3.63) is 70.9 Å². The average Bonchev–Trinajstić information content (AvgIpc) is 3.39. The van der Waals surface area contributed by atoms with Crippen molar-refractivity contribution in [2.24, 2.45) is 4.99 Å². The maximum atomic E-state index is 4.37. The molecule has 3 N–H and O–H groups in total. The van der Waals surface area contributed by atoms with Crippen molar-refractivity contribution in [1.82, 2.24) is 20.5 Å². The van der Waals surface area contributed by atoms with E-state index in [2.05, 4.69) is 81.0 Å². The fourth-order valence-corrected chi connectivity index (χ4v) is 4.33. The van der Waals surface area contributed by atoms with Gasteiger partial charge in [0.25, 0.3) is 0 Å². The molecule has 4 rings (SSSR count). The minimum atomic E-state index is 0.774. The second kappa shape index (κ2) is 9.81. The maximum absolute atomic E-state index is 4.37. The highest BCUT2D eigenvalue weighted by molar-refractivity contribution is 5.84. The molecule has 1 aromatic heterocycles. The molecule has 1 aliphatic heterocycles. The van der Waals surface area contributed by atoms with Gasteiger partial charge in [0, 0.05) is 43.3 Å². The second-order valence-electron chi connectivity index (χ2n) is 8.18. The first kappa shape index (κ1) is 20.5. The molecule has 0 atom stereocenters. The van der Waals surface area contributed by atoms with Gasteiger partial charge in [-0.25, -0.2) is 0 Å². The molecule has 0 spiro atoms. The summed E-state index contributed by atoms with van der Waals surface area (Å²) < 4.78 is 0. The molecule has 2 aromatic carbocycles. The molecule has 0 saturated carbocycles. The SMILES string of the molecule is CN=C(NCCc1c(C)[nH]c2ccccc12)NCc1ccc(CN2CCCC2)cc1. The highest BCUT2D eigenvalue weighted by Gasteiger charge is 2.11. The van der Waals surface area contributed by atoms with Crippen LogP contribution in [-0.4, -0.2) is 42.5 Å². The van der Waals surface area contributed by atoms with Gasteiger partial charge in [0.15, 0.2) is 5.96 Å². The normalized spacial score (nSPS) is 15.1. The molecule has 0 aliphatic carbocycles. The molecule has 1 aliphatic rings. The molecular weight excluding hydrogens is 370 g/mol. The third-order valence-electron chi connectivity index (χ3n) is 6.01. The smallest absolute Gasteiger partial charge is 0.191 e. The van der Waals surface area contributed by atoms with E-state index < -0.39 is 0 Å². The summed E-state index contributed by atoms with van der Waals surface area (Å²) in [4.78, 5) is 10.4. The predicted octanol–water partition coefficient (Wildman–Crippen LogP) is 3.98. The first-order valence-corrected chi connectivity index (χ1v) is 11.0. The monoisotopic (exact) mass is 403 g/mol. The molecule has 3 aromatic rings. The highest BCUT2D eigenvalue weighted by Crippen LogP contribution is 2.21. The molecule has 30 heavy (non-hydrogen) atoms. The number of hydrogen-bond acceptors (Lipinski definition) is 2. The Hall–Kier alpha value is -2.79. The standard InChI is InChI=1S/C25H33N5/c1-19-22(23-7-3-4-8-24(23)29-19)13-14-27-25(26-2)28-17-20-9-11-21(12-10-20)18-30-15-5-6-16-30/h3-4,7-12,29H,5-6,13-18H2,1-2H3,(H2,26,27,28). The number of nitrogens with one attached hydrogen (secondary N) is 3. The number of guanidine groups is 1. The van der Waals surface area contributed by atoms with Crippen molar-refractivity contribution < 1.29 is 0 Å². The number of hydrogen-bond donors (Lipinski definition) is 3. The van der Waals surface area contributed by atoms with Crippen LogP contribution in [0, 0.1) is 6.92 Å². The molecule has 158 valence electrons. The van der Waals surface area contributed by atoms with Gasteiger partial charge in [-0.3, -0.25) is 9.89 Å². The minimum absolute atomic E-state index is 0.774. The number of para-hydroxylation sites is 1. The summed E-state index contributed by atoms with van der Waals surface area (Å²) in [5.41, 5.74) is 6.51. The summed E-state index contributed by atoms with van der Waals surface area (Å²) in [5.74, 6) is 0.841. The molecule has 1 saturated heterocycles. The number of benzene rings is 2. The Labute approximate surface area is 179 Å². The van der Waals surface area contributed by atoms with Gasteiger partial charge in [0.2, 0.25) is 0 Å². The largest absolute Gasteiger partial charge is 0.358 e. The van der Waals surface area contributed by atoms with E-state index in [0.717, 1.165) is 32.0 Å². The van der Waals surface area contributed by atoms with Gasteiger partial charge in [-0.05, 0) is 62.0 Å². The molecule has 0 amide bonds. The number of nitrogens with zero attached hydrogens (tertiary/aromatic N) is 2. The third-order valence-corrected chi connectivity index (χ3v) is 6.01. The van der Waals surface area contributed by atoms with E-state index in [1.54, 1.807) is 0 Å². The lowest BCUT2D eigenvalue weighted by molar-refractivity contribution is 0.331. The number of aromatic amines is 1. The Morgan fingerprint density at radius 2 is 1.73 bits per heavy atom. The van der Waals surface area contributed by atoms with Crippen LogP contribution in [0.3, 0.4) is 0 Å². The van der Waals surface area contributed by atoms with Gasteiger partial charge in [-0.1, -0.05) is 42.5 Å². The summed E-state index contributed by atoms with van der Waals surface area (Å²) in [7, 11) is 1.82. The van der Waals surface area contributed by atoms with Crippen LogP contribution in [0.2, 0.25) is 0 Å². The summed E-state index contributed by atoms with van der Waals surface area (Å²) >= 11 is 0. The second-order valence-corrected chi connectivity index (χ2v) is 8.18. The van der Waals surface area contributed by atoms with E-state index in [4.69, 9.17) is 0 Å². The summed E-state index contributed by atoms with van der Waals surface area (Å²) in [6.07, 6.45) is 3.64. The number of H-pyrrole nitrogens is 1. The van der Waals surface area contributed by atoms with Crippen molar-refractivity contribution >= 4 is 16.9 Å². The Balaban J connectivity index is 1.25. The molecule has 0 unspecified atom stereocenters. The molecule has 2 heterocycles. The summed E-state index contributed by atoms with van der Waals surface area (Å²) in [6, 6.07) is 17.5. The Bertz CT molecular complexity index is 980. The van der Waals surface area contributed by atoms with Crippen LogP contribution in [0.15, 0.2) is 53.5 Å². The number of fused-ring (bicyclic) bond motifs is 1. The van der Waals surface area contributed by atoms with E-state index in [-0.39, 0.29) is 0 Å². The van der Waals surface area contributed by atoms with Crippen molar-refractivity contribution in [2.45, 2.75) is 39.3 Å². The quantitative estimate of drug-likeness (QED) is 0.413. The van der Waals surface area contributed by atoms with E-state index in [1.807, 2.05) is 7.05 Å². The number of aryl methyl sites for hydroxylation is 1. The summed E-state index contributed by atoms with van der Waals surface area (Å²) in [5, 5.41) is 8.19. The molecule has 5 nitrogen and oxygen atoms in total. The zero-order valence-electron chi connectivity index (χ0n) is 18.2. The van der Waals surface area contributed by atoms with Crippen LogP contribution < -0.4 is 10.6 Å². The summed E-state index contributed by atoms with van der Waals surface area (Å²) in [6.45, 7) is 7.32. The predicted molar refractivity (Wildman–Crippen MR) is 126 cm³/mol. The molecule has 5 heteroatoms. The fourth-order valence-electron chi connectivity index (χ4n) is 4.33. The lowest BCUT2D eigenvalue weighted by atomic mass is 10.1. The van der Waals surface area contributed by atoms with Gasteiger partial charge >= 0.3 is 0 Å². The number of likely N-dealkylation sites (tertiary alicyclic amines) is 1. The molecule has 0 radical (unpaired) electrons. The third kappa shape index (κ3) is 5.03. The fraction of sp³-hybridized carbons (Fsp3) is 0.400. The minimum Gasteiger partial charge on any atom is -0.358 e. The van der Waals surface area contributed by atoms with Crippen LogP contribution in [0.5, 0.6) is 0 Å². The number of aliphatic imine (C=N–C) groups is 1. The van der Waals surface area contributed by atoms with Crippen molar-refractivity contribution in [2.75, 3.05) is 26.7 Å². The van der Waals surface area contributed by atoms with Crippen LogP contribution in [-0.2, 0) is 19.5 Å². The van der Waals surface area contributed by atoms with E-state index >= 15 is 0 Å². The van der Waals surface area contributed by atoms with Gasteiger partial charge < -0.3 is 15.6 Å². The van der Waals surface area contributed by atoms with Gasteiger partial charge in [0.05, 0.1) is 0 Å². The molecule has 0 bridgehead atoms. The highest BCUT2D eigenvalue weighted by atomic mass is 15.2. The lowest BCUT2D eigenvalue weighted by Gasteiger charge is -2.15. The van der Waals surface area contributed by atoms with Crippen LogP contribution >= 0.6 is 0 Å². The van der Waals surface area contributed by atoms with E-state index in [1.165, 1.54) is 59.2 Å². The van der Waals surface area contributed by atoms with E-state index in [0.29, 0.717) is 0 Å². The first-order valence-electron chi connectivity index (χ1n) is 11.0. The Morgan fingerprint density at radius 1 is 1.00 bits per heavy atom. The maximum Gasteiger partial charge on any atom is 0.191 e. The zero-order valence-corrected chi connectivity index (χ0v) is 18.2. The Kier molecular flexibility index (Phi) is 6.70. The number of rotatable bonds is 7. The van der Waals surface area contributed by atoms with Gasteiger partial charge in [-0.15, -0.1) is 0 Å². The molecular formula is C25H33N5. The lowest BCUT2D eigenvalue weighted by Crippen LogP contribution is -2.37. The van der Waals surface area contributed by atoms with Gasteiger partial charge in [0.1, 0.15) is 0 Å². The van der Waals surface area contributed by atoms with E-state index in [9.17, 15) is 0 Å². The topological polar surface area (TPSA) is 55.5 Å². The van der Waals surface area contributed by atoms with Crippen molar-refractivity contribution in [3.8, 4) is 0 Å². The molecule has 1 fully saturated rings. The van der Waals surface area contributed by atoms with Crippen LogP contribution in [0.4, 0.5) is 0 Å².